The van der Waals surface area contributed by atoms with Crippen LogP contribution in [0, 0.1) is 6.92 Å². The molecule has 0 radical (unpaired) electrons. The first-order chi connectivity index (χ1) is 11.0. The van der Waals surface area contributed by atoms with Gasteiger partial charge in [-0.15, -0.1) is 0 Å². The predicted octanol–water partition coefficient (Wildman–Crippen LogP) is 0.701. The monoisotopic (exact) mass is 323 g/mol. The van der Waals surface area contributed by atoms with Crippen LogP contribution in [0.5, 0.6) is 0 Å². The third-order valence-electron chi connectivity index (χ3n) is 4.26. The van der Waals surface area contributed by atoms with Gasteiger partial charge in [-0.1, -0.05) is 5.16 Å². The molecule has 8 nitrogen and oxygen atoms in total. The summed E-state index contributed by atoms with van der Waals surface area (Å²) in [5, 5.41) is 3.81. The number of carbonyl (C=O) groups excluding carboxylic acids is 2. The largest absolute Gasteiger partial charge is 0.360 e. The molecular weight excluding hydrogens is 302 g/mol. The molecule has 0 unspecified atom stereocenters. The second kappa shape index (κ2) is 6.29. The molecule has 2 aliphatic heterocycles. The molecule has 2 aliphatic rings. The molecule has 0 aliphatic carbocycles. The Bertz CT molecular complexity index is 584. The topological polar surface area (TPSA) is 85.1 Å². The number of aromatic nitrogens is 1. The predicted molar refractivity (Wildman–Crippen MR) is 79.7 cm³/mol. The molecule has 1 aromatic rings. The third kappa shape index (κ3) is 3.37. The number of hydrogen-bond acceptors (Lipinski definition) is 6. The molecular formula is C15H21N3O5. The van der Waals surface area contributed by atoms with Crippen molar-refractivity contribution >= 4 is 17.6 Å². The van der Waals surface area contributed by atoms with Crippen molar-refractivity contribution in [3.8, 4) is 0 Å². The number of piperidine rings is 1. The number of amides is 2. The first kappa shape index (κ1) is 15.9. The number of nitrogens with zero attached hydrogens (tertiary/aromatic N) is 3. The average molecular weight is 323 g/mol. The maximum absolute atomic E-state index is 12.5. The molecule has 126 valence electrons. The van der Waals surface area contributed by atoms with E-state index in [1.54, 1.807) is 17.9 Å². The second-order valence-corrected chi connectivity index (χ2v) is 5.89. The summed E-state index contributed by atoms with van der Waals surface area (Å²) in [6.45, 7) is 5.43. The number of ether oxygens (including phenoxy) is 2. The van der Waals surface area contributed by atoms with Gasteiger partial charge in [0, 0.05) is 38.9 Å². The lowest BCUT2D eigenvalue weighted by molar-refractivity contribution is -0.187. The Balaban J connectivity index is 1.60. The number of carbonyl (C=O) groups is 2. The van der Waals surface area contributed by atoms with Gasteiger partial charge in [-0.3, -0.25) is 14.5 Å². The lowest BCUT2D eigenvalue weighted by Gasteiger charge is -2.38. The average Bonchev–Trinajstić information content (AvgIpc) is 3.15. The number of anilines is 1. The van der Waals surface area contributed by atoms with E-state index < -0.39 is 5.79 Å². The molecule has 3 heterocycles. The van der Waals surface area contributed by atoms with Crippen molar-refractivity contribution in [1.29, 1.82) is 0 Å². The minimum absolute atomic E-state index is 0.0456. The standard InChI is InChI=1S/C15H21N3O5/c1-11-9-13(16-23-11)18(12(2)19)10-14(20)17-5-3-15(4-6-17)21-7-8-22-15/h9H,3-8,10H2,1-2H3. The summed E-state index contributed by atoms with van der Waals surface area (Å²) in [5.41, 5.74) is 0. The van der Waals surface area contributed by atoms with Crippen LogP contribution in [0.4, 0.5) is 5.82 Å². The van der Waals surface area contributed by atoms with E-state index in [1.807, 2.05) is 0 Å². The smallest absolute Gasteiger partial charge is 0.242 e. The second-order valence-electron chi connectivity index (χ2n) is 5.89. The van der Waals surface area contributed by atoms with Gasteiger partial charge in [0.15, 0.2) is 11.6 Å². The quantitative estimate of drug-likeness (QED) is 0.814. The molecule has 0 N–H and O–H groups in total. The molecule has 8 heteroatoms. The highest BCUT2D eigenvalue weighted by molar-refractivity contribution is 5.96. The van der Waals surface area contributed by atoms with E-state index in [0.717, 1.165) is 0 Å². The van der Waals surface area contributed by atoms with E-state index >= 15 is 0 Å². The van der Waals surface area contributed by atoms with E-state index in [0.29, 0.717) is 50.7 Å². The Morgan fingerprint density at radius 2 is 1.96 bits per heavy atom. The van der Waals surface area contributed by atoms with Crippen LogP contribution in [0.15, 0.2) is 10.6 Å². The molecule has 0 bridgehead atoms. The van der Waals surface area contributed by atoms with Crippen molar-refractivity contribution in [2.75, 3.05) is 37.7 Å². The van der Waals surface area contributed by atoms with Crippen LogP contribution in [0.2, 0.25) is 0 Å². The minimum Gasteiger partial charge on any atom is -0.360 e. The summed E-state index contributed by atoms with van der Waals surface area (Å²) in [5.74, 6) is 0.0741. The van der Waals surface area contributed by atoms with Crippen molar-refractivity contribution < 1.29 is 23.6 Å². The van der Waals surface area contributed by atoms with Crippen LogP contribution in [-0.2, 0) is 19.1 Å². The van der Waals surface area contributed by atoms with Gasteiger partial charge >= 0.3 is 0 Å². The van der Waals surface area contributed by atoms with Crippen molar-refractivity contribution in [2.45, 2.75) is 32.5 Å². The minimum atomic E-state index is -0.514. The van der Waals surface area contributed by atoms with E-state index in [-0.39, 0.29) is 18.4 Å². The van der Waals surface area contributed by atoms with E-state index in [2.05, 4.69) is 5.16 Å². The number of aryl methyl sites for hydroxylation is 1. The molecule has 1 spiro atoms. The lowest BCUT2D eigenvalue weighted by atomic mass is 10.0. The van der Waals surface area contributed by atoms with Gasteiger partial charge in [0.2, 0.25) is 11.8 Å². The molecule has 0 saturated carbocycles. The Kier molecular flexibility index (Phi) is 4.36. The number of rotatable bonds is 3. The van der Waals surface area contributed by atoms with Crippen LogP contribution in [-0.4, -0.2) is 60.5 Å². The Morgan fingerprint density at radius 3 is 2.48 bits per heavy atom. The van der Waals surface area contributed by atoms with Crippen LogP contribution in [0.1, 0.15) is 25.5 Å². The van der Waals surface area contributed by atoms with Crippen molar-refractivity contribution in [1.82, 2.24) is 10.1 Å². The maximum atomic E-state index is 12.5. The number of likely N-dealkylation sites (tertiary alicyclic amines) is 1. The zero-order chi connectivity index (χ0) is 16.4. The molecule has 2 fully saturated rings. The van der Waals surface area contributed by atoms with Gasteiger partial charge in [0.1, 0.15) is 12.3 Å². The Labute approximate surface area is 134 Å². The Hall–Kier alpha value is -1.93. The molecule has 1 aromatic heterocycles. The fourth-order valence-electron chi connectivity index (χ4n) is 2.95. The normalized spacial score (nSPS) is 20.0. The van der Waals surface area contributed by atoms with E-state index in [9.17, 15) is 9.59 Å². The van der Waals surface area contributed by atoms with Crippen LogP contribution < -0.4 is 4.90 Å². The summed E-state index contributed by atoms with van der Waals surface area (Å²) in [7, 11) is 0. The number of hydrogen-bond donors (Lipinski definition) is 0. The maximum Gasteiger partial charge on any atom is 0.242 e. The SMILES string of the molecule is CC(=O)N(CC(=O)N1CCC2(CC1)OCCO2)c1cc(C)on1. The highest BCUT2D eigenvalue weighted by atomic mass is 16.7. The van der Waals surface area contributed by atoms with Gasteiger partial charge in [-0.25, -0.2) is 0 Å². The summed E-state index contributed by atoms with van der Waals surface area (Å²) in [4.78, 5) is 27.4. The lowest BCUT2D eigenvalue weighted by Crippen LogP contribution is -2.50. The first-order valence-electron chi connectivity index (χ1n) is 7.76. The molecule has 0 atom stereocenters. The molecule has 3 rings (SSSR count). The fourth-order valence-corrected chi connectivity index (χ4v) is 2.95. The van der Waals surface area contributed by atoms with Crippen LogP contribution in [0.25, 0.3) is 0 Å². The van der Waals surface area contributed by atoms with Crippen LogP contribution >= 0.6 is 0 Å². The van der Waals surface area contributed by atoms with Crippen molar-refractivity contribution in [3.63, 3.8) is 0 Å². The summed E-state index contributed by atoms with van der Waals surface area (Å²) < 4.78 is 16.3. The van der Waals surface area contributed by atoms with Crippen LogP contribution in [0.3, 0.4) is 0 Å². The molecule has 2 amide bonds. The molecule has 0 aromatic carbocycles. The van der Waals surface area contributed by atoms with Gasteiger partial charge in [-0.05, 0) is 6.92 Å². The van der Waals surface area contributed by atoms with E-state index in [4.69, 9.17) is 14.0 Å². The Morgan fingerprint density at radius 1 is 1.30 bits per heavy atom. The summed E-state index contributed by atoms with van der Waals surface area (Å²) in [6, 6.07) is 1.64. The first-order valence-corrected chi connectivity index (χ1v) is 7.76. The van der Waals surface area contributed by atoms with E-state index in [1.165, 1.54) is 11.8 Å². The highest BCUT2D eigenvalue weighted by Gasteiger charge is 2.41. The van der Waals surface area contributed by atoms with Gasteiger partial charge < -0.3 is 18.9 Å². The van der Waals surface area contributed by atoms with Gasteiger partial charge in [-0.2, -0.15) is 0 Å². The molecule has 23 heavy (non-hydrogen) atoms. The third-order valence-corrected chi connectivity index (χ3v) is 4.26. The van der Waals surface area contributed by atoms with Crippen molar-refractivity contribution in [3.05, 3.63) is 11.8 Å². The summed E-state index contributed by atoms with van der Waals surface area (Å²) >= 11 is 0. The highest BCUT2D eigenvalue weighted by Crippen LogP contribution is 2.31. The van der Waals surface area contributed by atoms with Gasteiger partial charge in [0.05, 0.1) is 13.2 Å². The zero-order valence-corrected chi connectivity index (χ0v) is 13.4. The summed E-state index contributed by atoms with van der Waals surface area (Å²) in [6.07, 6.45) is 1.31. The zero-order valence-electron chi connectivity index (χ0n) is 13.4. The van der Waals surface area contributed by atoms with Gasteiger partial charge in [0.25, 0.3) is 0 Å². The fraction of sp³-hybridized carbons (Fsp3) is 0.667. The van der Waals surface area contributed by atoms with Crippen molar-refractivity contribution in [2.24, 2.45) is 0 Å². The molecule has 2 saturated heterocycles.